The maximum absolute atomic E-state index is 12.0. The fourth-order valence-electron chi connectivity index (χ4n) is 1.66. The van der Waals surface area contributed by atoms with Gasteiger partial charge in [0.2, 0.25) is 0 Å². The summed E-state index contributed by atoms with van der Waals surface area (Å²) in [6, 6.07) is 7.05. The number of rotatable bonds is 3. The summed E-state index contributed by atoms with van der Waals surface area (Å²) in [5.74, 6) is 0. The van der Waals surface area contributed by atoms with E-state index >= 15 is 0 Å². The summed E-state index contributed by atoms with van der Waals surface area (Å²) in [5.41, 5.74) is 6.17. The molecule has 19 heavy (non-hydrogen) atoms. The molecular weight excluding hydrogens is 264 g/mol. The average molecular weight is 285 g/mol. The van der Waals surface area contributed by atoms with Crippen molar-refractivity contribution in [2.24, 2.45) is 5.73 Å². The molecule has 4 nitrogen and oxygen atoms in total. The molecule has 0 spiro atoms. The van der Waals surface area contributed by atoms with Crippen LogP contribution in [0, 0.1) is 0 Å². The minimum absolute atomic E-state index is 0.230. The number of carbonyl (C=O) groups excluding carboxylic acids is 1. The molecule has 1 aromatic carbocycles. The van der Waals surface area contributed by atoms with E-state index < -0.39 is 11.7 Å². The molecule has 106 valence electrons. The zero-order valence-electron chi connectivity index (χ0n) is 11.8. The minimum atomic E-state index is -0.523. The lowest BCUT2D eigenvalue weighted by Gasteiger charge is -2.30. The van der Waals surface area contributed by atoms with E-state index in [0.29, 0.717) is 11.6 Å². The number of nitrogens with zero attached hydrogens (tertiary/aromatic N) is 1. The zero-order chi connectivity index (χ0) is 14.6. The lowest BCUT2D eigenvalue weighted by atomic mass is 10.1. The molecule has 0 heterocycles. The molecule has 0 fully saturated rings. The van der Waals surface area contributed by atoms with E-state index in [-0.39, 0.29) is 6.04 Å². The van der Waals surface area contributed by atoms with Gasteiger partial charge in [-0.3, -0.25) is 0 Å². The minimum Gasteiger partial charge on any atom is -0.444 e. The predicted octanol–water partition coefficient (Wildman–Crippen LogP) is 3.21. The molecular formula is C14H21ClN2O2. The van der Waals surface area contributed by atoms with Gasteiger partial charge in [-0.05, 0) is 38.5 Å². The second-order valence-corrected chi connectivity index (χ2v) is 5.83. The van der Waals surface area contributed by atoms with E-state index in [9.17, 15) is 4.79 Å². The summed E-state index contributed by atoms with van der Waals surface area (Å²) < 4.78 is 5.33. The van der Waals surface area contributed by atoms with Crippen molar-refractivity contribution in [1.82, 2.24) is 4.90 Å². The van der Waals surface area contributed by atoms with Crippen molar-refractivity contribution >= 4 is 17.7 Å². The Morgan fingerprint density at radius 1 is 1.37 bits per heavy atom. The van der Waals surface area contributed by atoms with Gasteiger partial charge in [-0.2, -0.15) is 0 Å². The van der Waals surface area contributed by atoms with Gasteiger partial charge in [0, 0.05) is 18.6 Å². The van der Waals surface area contributed by atoms with Gasteiger partial charge in [0.15, 0.2) is 0 Å². The molecule has 1 amide bonds. The third-order valence-corrected chi connectivity index (χ3v) is 2.88. The van der Waals surface area contributed by atoms with Gasteiger partial charge >= 0.3 is 6.09 Å². The van der Waals surface area contributed by atoms with Gasteiger partial charge in [-0.1, -0.05) is 23.7 Å². The summed E-state index contributed by atoms with van der Waals surface area (Å²) in [4.78, 5) is 13.5. The van der Waals surface area contributed by atoms with Crippen LogP contribution in [0.3, 0.4) is 0 Å². The van der Waals surface area contributed by atoms with Crippen LogP contribution in [0.5, 0.6) is 0 Å². The number of hydrogen-bond acceptors (Lipinski definition) is 3. The van der Waals surface area contributed by atoms with Crippen LogP contribution in [0.1, 0.15) is 32.4 Å². The van der Waals surface area contributed by atoms with Crippen molar-refractivity contribution in [3.8, 4) is 0 Å². The van der Waals surface area contributed by atoms with Gasteiger partial charge in [0.25, 0.3) is 0 Å². The maximum Gasteiger partial charge on any atom is 0.410 e. The molecule has 0 radical (unpaired) electrons. The van der Waals surface area contributed by atoms with Crippen LogP contribution < -0.4 is 5.73 Å². The second kappa shape index (κ2) is 6.26. The Balaban J connectivity index is 2.85. The smallest absolute Gasteiger partial charge is 0.410 e. The lowest BCUT2D eigenvalue weighted by molar-refractivity contribution is 0.0226. The molecule has 2 N–H and O–H groups in total. The van der Waals surface area contributed by atoms with Crippen molar-refractivity contribution in [1.29, 1.82) is 0 Å². The number of likely N-dealkylation sites (N-methyl/N-ethyl adjacent to an activating group) is 1. The van der Waals surface area contributed by atoms with Crippen LogP contribution in [0.15, 0.2) is 24.3 Å². The van der Waals surface area contributed by atoms with Crippen molar-refractivity contribution < 1.29 is 9.53 Å². The fourth-order valence-corrected chi connectivity index (χ4v) is 1.79. The number of nitrogens with two attached hydrogens (primary N) is 1. The Kier molecular flexibility index (Phi) is 5.20. The number of benzene rings is 1. The summed E-state index contributed by atoms with van der Waals surface area (Å²) in [6.45, 7) is 5.81. The van der Waals surface area contributed by atoms with Gasteiger partial charge < -0.3 is 15.4 Å². The first-order chi connectivity index (χ1) is 8.74. The van der Waals surface area contributed by atoms with E-state index in [0.717, 1.165) is 5.56 Å². The SMILES string of the molecule is CN(C(=O)OC(C)(C)C)C(CN)c1ccc(Cl)cc1. The summed E-state index contributed by atoms with van der Waals surface area (Å²) in [6.07, 6.45) is -0.391. The lowest BCUT2D eigenvalue weighted by Crippen LogP contribution is -2.39. The first-order valence-electron chi connectivity index (χ1n) is 6.16. The average Bonchev–Trinajstić information content (AvgIpc) is 2.30. The predicted molar refractivity (Wildman–Crippen MR) is 77.2 cm³/mol. The number of hydrogen-bond donors (Lipinski definition) is 1. The standard InChI is InChI=1S/C14H21ClN2O2/c1-14(2,3)19-13(18)17(4)12(9-16)10-5-7-11(15)8-6-10/h5-8,12H,9,16H2,1-4H3. The Bertz CT molecular complexity index is 426. The molecule has 1 unspecified atom stereocenters. The van der Waals surface area contributed by atoms with Crippen LogP contribution in [0.4, 0.5) is 4.79 Å². The molecule has 1 atom stereocenters. The summed E-state index contributed by atoms with van der Waals surface area (Å²) in [5, 5.41) is 0.652. The highest BCUT2D eigenvalue weighted by Crippen LogP contribution is 2.22. The quantitative estimate of drug-likeness (QED) is 0.927. The molecule has 0 aliphatic carbocycles. The molecule has 1 rings (SSSR count). The highest BCUT2D eigenvalue weighted by atomic mass is 35.5. The van der Waals surface area contributed by atoms with Gasteiger partial charge in [0.05, 0.1) is 6.04 Å². The monoisotopic (exact) mass is 284 g/mol. The maximum atomic E-state index is 12.0. The van der Waals surface area contributed by atoms with Crippen LogP contribution in [-0.2, 0) is 4.74 Å². The Morgan fingerprint density at radius 2 is 1.89 bits per heavy atom. The van der Waals surface area contributed by atoms with E-state index in [1.807, 2.05) is 32.9 Å². The van der Waals surface area contributed by atoms with Gasteiger partial charge in [0.1, 0.15) is 5.60 Å². The summed E-state index contributed by atoms with van der Waals surface area (Å²) in [7, 11) is 1.68. The van der Waals surface area contributed by atoms with E-state index in [4.69, 9.17) is 22.1 Å². The molecule has 0 bridgehead atoms. The Hall–Kier alpha value is -1.26. The second-order valence-electron chi connectivity index (χ2n) is 5.39. The molecule has 0 aromatic heterocycles. The highest BCUT2D eigenvalue weighted by Gasteiger charge is 2.25. The molecule has 1 aromatic rings. The summed E-state index contributed by atoms with van der Waals surface area (Å²) >= 11 is 5.85. The number of amides is 1. The topological polar surface area (TPSA) is 55.6 Å². The van der Waals surface area contributed by atoms with Crippen molar-refractivity contribution in [3.05, 3.63) is 34.9 Å². The first-order valence-corrected chi connectivity index (χ1v) is 6.53. The molecule has 0 aliphatic heterocycles. The van der Waals surface area contributed by atoms with Crippen LogP contribution in [-0.4, -0.2) is 30.2 Å². The number of ether oxygens (including phenoxy) is 1. The third-order valence-electron chi connectivity index (χ3n) is 2.63. The molecule has 0 saturated carbocycles. The van der Waals surface area contributed by atoms with E-state index in [2.05, 4.69) is 0 Å². The van der Waals surface area contributed by atoms with Crippen molar-refractivity contribution in [2.45, 2.75) is 32.4 Å². The fraction of sp³-hybridized carbons (Fsp3) is 0.500. The Labute approximate surface area is 119 Å². The van der Waals surface area contributed by atoms with Crippen LogP contribution in [0.2, 0.25) is 5.02 Å². The largest absolute Gasteiger partial charge is 0.444 e. The first kappa shape index (κ1) is 15.8. The zero-order valence-corrected chi connectivity index (χ0v) is 12.6. The molecule has 5 heteroatoms. The number of carbonyl (C=O) groups is 1. The van der Waals surface area contributed by atoms with Gasteiger partial charge in [-0.25, -0.2) is 4.79 Å². The molecule has 0 saturated heterocycles. The third kappa shape index (κ3) is 4.73. The molecule has 0 aliphatic rings. The van der Waals surface area contributed by atoms with Crippen molar-refractivity contribution in [2.75, 3.05) is 13.6 Å². The Morgan fingerprint density at radius 3 is 2.32 bits per heavy atom. The van der Waals surface area contributed by atoms with Crippen LogP contribution in [0.25, 0.3) is 0 Å². The number of halogens is 1. The van der Waals surface area contributed by atoms with Gasteiger partial charge in [-0.15, -0.1) is 0 Å². The van der Waals surface area contributed by atoms with E-state index in [1.54, 1.807) is 19.2 Å². The normalized spacial score (nSPS) is 12.9. The van der Waals surface area contributed by atoms with E-state index in [1.165, 1.54) is 4.90 Å². The highest BCUT2D eigenvalue weighted by molar-refractivity contribution is 6.30. The van der Waals surface area contributed by atoms with Crippen molar-refractivity contribution in [3.63, 3.8) is 0 Å². The van der Waals surface area contributed by atoms with Crippen LogP contribution >= 0.6 is 11.6 Å².